The molecular weight excluding hydrogens is 514 g/mol. The molecule has 2 fully saturated rings. The maximum Gasteiger partial charge on any atom is 0.416 e. The van der Waals surface area contributed by atoms with Crippen molar-refractivity contribution in [2.45, 2.75) is 71.6 Å². The zero-order valence-corrected chi connectivity index (χ0v) is 23.7. The highest BCUT2D eigenvalue weighted by Crippen LogP contribution is 2.29. The molecule has 11 heteroatoms. The van der Waals surface area contributed by atoms with Crippen molar-refractivity contribution in [3.63, 3.8) is 0 Å². The molecule has 1 aromatic carbocycles. The van der Waals surface area contributed by atoms with Crippen molar-refractivity contribution < 1.29 is 28.7 Å². The predicted molar refractivity (Wildman–Crippen MR) is 149 cm³/mol. The fourth-order valence-corrected chi connectivity index (χ4v) is 5.60. The number of hydrogen-bond acceptors (Lipinski definition) is 7. The standard InChI is InChI=1S/C29H39N5O6/c1-15(2)11-18(13-23(35)21-14-19-20(32-21)7-6-8-24(19)39-5)28(37)33-22(12-17-9-10-31-27(17)36)25-26(30)34(16(3)4)29(38)40-25/h6-8,14-18,22,25,30,32H,9-13H2,1-5H3,(H,31,36)(H,33,37)/t17-,18+,22-,25?/m0/s1. The van der Waals surface area contributed by atoms with Crippen molar-refractivity contribution in [1.82, 2.24) is 20.5 Å². The summed E-state index contributed by atoms with van der Waals surface area (Å²) >= 11 is 0. The number of hydrogen-bond donors (Lipinski definition) is 4. The maximum atomic E-state index is 13.7. The minimum atomic E-state index is -1.02. The average Bonchev–Trinajstić information content (AvgIpc) is 3.59. The average molecular weight is 554 g/mol. The third-order valence-corrected chi connectivity index (χ3v) is 7.57. The van der Waals surface area contributed by atoms with E-state index in [1.807, 2.05) is 32.0 Å². The van der Waals surface area contributed by atoms with Crippen LogP contribution in [0.2, 0.25) is 0 Å². The van der Waals surface area contributed by atoms with Gasteiger partial charge in [-0.15, -0.1) is 0 Å². The molecule has 0 bridgehead atoms. The molecule has 2 saturated heterocycles. The molecule has 0 aliphatic carbocycles. The Morgan fingerprint density at radius 3 is 2.58 bits per heavy atom. The van der Waals surface area contributed by atoms with E-state index in [4.69, 9.17) is 14.9 Å². The third kappa shape index (κ3) is 6.13. The summed E-state index contributed by atoms with van der Waals surface area (Å²) in [4.78, 5) is 56.4. The molecule has 1 unspecified atom stereocenters. The summed E-state index contributed by atoms with van der Waals surface area (Å²) in [7, 11) is 1.57. The van der Waals surface area contributed by atoms with Gasteiger partial charge in [0.05, 0.1) is 18.8 Å². The zero-order valence-electron chi connectivity index (χ0n) is 23.7. The normalized spacial score (nSPS) is 20.7. The molecule has 0 saturated carbocycles. The lowest BCUT2D eigenvalue weighted by Gasteiger charge is -2.28. The molecule has 4 atom stereocenters. The van der Waals surface area contributed by atoms with Crippen LogP contribution in [0.5, 0.6) is 5.75 Å². The van der Waals surface area contributed by atoms with E-state index < -0.39 is 24.2 Å². The number of ether oxygens (including phenoxy) is 2. The molecule has 3 amide bonds. The van der Waals surface area contributed by atoms with Crippen molar-refractivity contribution in [2.75, 3.05) is 13.7 Å². The topological polar surface area (TPSA) is 154 Å². The molecule has 0 radical (unpaired) electrons. The highest BCUT2D eigenvalue weighted by molar-refractivity contribution is 6.04. The highest BCUT2D eigenvalue weighted by Gasteiger charge is 2.45. The number of nitrogens with one attached hydrogen (secondary N) is 4. The summed E-state index contributed by atoms with van der Waals surface area (Å²) < 4.78 is 11.0. The van der Waals surface area contributed by atoms with Gasteiger partial charge in [-0.05, 0) is 57.2 Å². The number of fused-ring (bicyclic) bond motifs is 1. The minimum absolute atomic E-state index is 0.0319. The van der Waals surface area contributed by atoms with Gasteiger partial charge in [-0.2, -0.15) is 0 Å². The van der Waals surface area contributed by atoms with E-state index in [0.29, 0.717) is 30.8 Å². The van der Waals surface area contributed by atoms with Crippen LogP contribution in [-0.4, -0.2) is 71.3 Å². The first-order valence-corrected chi connectivity index (χ1v) is 13.8. The van der Waals surface area contributed by atoms with Crippen LogP contribution in [0, 0.1) is 23.2 Å². The van der Waals surface area contributed by atoms with Crippen LogP contribution in [-0.2, 0) is 14.3 Å². The lowest BCUT2D eigenvalue weighted by atomic mass is 9.89. The Hall–Kier alpha value is -3.89. The third-order valence-electron chi connectivity index (χ3n) is 7.57. The number of carbonyl (C=O) groups is 4. The summed E-state index contributed by atoms with van der Waals surface area (Å²) in [6.07, 6.45) is -0.445. The van der Waals surface area contributed by atoms with Crippen molar-refractivity contribution in [2.24, 2.45) is 17.8 Å². The fraction of sp³-hybridized carbons (Fsp3) is 0.552. The first-order chi connectivity index (χ1) is 19.0. The van der Waals surface area contributed by atoms with Gasteiger partial charge in [-0.3, -0.25) is 24.7 Å². The van der Waals surface area contributed by atoms with Crippen molar-refractivity contribution in [1.29, 1.82) is 5.41 Å². The Morgan fingerprint density at radius 1 is 1.23 bits per heavy atom. The Morgan fingerprint density at radius 2 is 1.98 bits per heavy atom. The second-order valence-corrected chi connectivity index (χ2v) is 11.3. The van der Waals surface area contributed by atoms with Gasteiger partial charge in [0.2, 0.25) is 11.8 Å². The van der Waals surface area contributed by atoms with Gasteiger partial charge in [0.15, 0.2) is 11.9 Å². The van der Waals surface area contributed by atoms with E-state index in [-0.39, 0.29) is 54.2 Å². The number of aromatic amines is 1. The van der Waals surface area contributed by atoms with Gasteiger partial charge in [-0.25, -0.2) is 4.79 Å². The van der Waals surface area contributed by atoms with Crippen molar-refractivity contribution in [3.8, 4) is 5.75 Å². The molecule has 40 heavy (non-hydrogen) atoms. The number of nitrogens with zero attached hydrogens (tertiary/aromatic N) is 1. The van der Waals surface area contributed by atoms with Gasteiger partial charge >= 0.3 is 6.09 Å². The van der Waals surface area contributed by atoms with E-state index >= 15 is 0 Å². The quantitative estimate of drug-likeness (QED) is 0.294. The highest BCUT2D eigenvalue weighted by atomic mass is 16.6. The van der Waals surface area contributed by atoms with Crippen molar-refractivity contribution >= 4 is 40.4 Å². The van der Waals surface area contributed by atoms with E-state index in [1.165, 1.54) is 4.90 Å². The van der Waals surface area contributed by atoms with E-state index in [0.717, 1.165) is 10.9 Å². The first kappa shape index (κ1) is 29.1. The Bertz CT molecular complexity index is 1300. The molecule has 2 aliphatic heterocycles. The number of rotatable bonds is 12. The van der Waals surface area contributed by atoms with E-state index in [9.17, 15) is 19.2 Å². The van der Waals surface area contributed by atoms with Gasteiger partial charge in [0, 0.05) is 41.7 Å². The Kier molecular flexibility index (Phi) is 8.80. The minimum Gasteiger partial charge on any atom is -0.496 e. The SMILES string of the molecule is COc1cccc2[nH]c(C(=O)C[C@@H](CC(C)C)C(=O)N[C@@H](C[C@@H]3CCNC3=O)C3OC(=O)N(C(C)C)C3=N)cc12. The molecule has 2 aromatic rings. The molecule has 4 N–H and O–H groups in total. The van der Waals surface area contributed by atoms with Crippen LogP contribution in [0.1, 0.15) is 63.9 Å². The van der Waals surface area contributed by atoms with Crippen LogP contribution in [0.3, 0.4) is 0 Å². The van der Waals surface area contributed by atoms with Gasteiger partial charge in [0.1, 0.15) is 11.6 Å². The summed E-state index contributed by atoms with van der Waals surface area (Å²) in [5, 5.41) is 15.2. The summed E-state index contributed by atoms with van der Waals surface area (Å²) in [6, 6.07) is 6.16. The Balaban J connectivity index is 1.55. The summed E-state index contributed by atoms with van der Waals surface area (Å²) in [6.45, 7) is 8.05. The van der Waals surface area contributed by atoms with Crippen LogP contribution < -0.4 is 15.4 Å². The van der Waals surface area contributed by atoms with E-state index in [1.54, 1.807) is 27.0 Å². The van der Waals surface area contributed by atoms with Gasteiger partial charge < -0.3 is 25.1 Å². The number of methoxy groups -OCH3 is 1. The lowest BCUT2D eigenvalue weighted by Crippen LogP contribution is -2.51. The molecule has 2 aliphatic rings. The molecule has 0 spiro atoms. The number of aromatic nitrogens is 1. The fourth-order valence-electron chi connectivity index (χ4n) is 5.60. The second-order valence-electron chi connectivity index (χ2n) is 11.3. The molecular formula is C29H39N5O6. The number of cyclic esters (lactones) is 1. The predicted octanol–water partition coefficient (Wildman–Crippen LogP) is 3.63. The van der Waals surface area contributed by atoms with E-state index in [2.05, 4.69) is 15.6 Å². The smallest absolute Gasteiger partial charge is 0.416 e. The lowest BCUT2D eigenvalue weighted by molar-refractivity contribution is -0.128. The number of benzene rings is 1. The number of amidine groups is 1. The van der Waals surface area contributed by atoms with Gasteiger partial charge in [-0.1, -0.05) is 19.9 Å². The van der Waals surface area contributed by atoms with Crippen LogP contribution in [0.4, 0.5) is 4.79 Å². The molecule has 11 nitrogen and oxygen atoms in total. The number of ketones is 1. The monoisotopic (exact) mass is 553 g/mol. The molecule has 216 valence electrons. The number of H-pyrrole nitrogens is 1. The van der Waals surface area contributed by atoms with Crippen molar-refractivity contribution in [3.05, 3.63) is 30.0 Å². The Labute approximate surface area is 233 Å². The van der Waals surface area contributed by atoms with Crippen LogP contribution in [0.25, 0.3) is 10.9 Å². The van der Waals surface area contributed by atoms with Crippen LogP contribution in [0.15, 0.2) is 24.3 Å². The second kappa shape index (κ2) is 12.1. The van der Waals surface area contributed by atoms with Gasteiger partial charge in [0.25, 0.3) is 0 Å². The summed E-state index contributed by atoms with van der Waals surface area (Å²) in [5.41, 5.74) is 1.15. The molecule has 1 aromatic heterocycles. The maximum absolute atomic E-state index is 13.7. The number of amides is 3. The zero-order chi connectivity index (χ0) is 29.1. The first-order valence-electron chi connectivity index (χ1n) is 13.8. The largest absolute Gasteiger partial charge is 0.496 e. The summed E-state index contributed by atoms with van der Waals surface area (Å²) in [5.74, 6) is -1.02. The molecule has 3 heterocycles. The number of carbonyl (C=O) groups excluding carboxylic acids is 4. The molecule has 4 rings (SSSR count). The number of Topliss-reactive ketones (excluding diaryl/α,β-unsaturated/α-hetero) is 1. The van der Waals surface area contributed by atoms with Crippen LogP contribution >= 0.6 is 0 Å².